The van der Waals surface area contributed by atoms with Crippen LogP contribution in [-0.4, -0.2) is 23.5 Å². The zero-order valence-electron chi connectivity index (χ0n) is 11.1. The third kappa shape index (κ3) is 2.52. The van der Waals surface area contributed by atoms with Crippen molar-refractivity contribution >= 4 is 34.7 Å². The molecule has 1 aliphatic carbocycles. The maximum Gasteiger partial charge on any atom is 0.224 e. The van der Waals surface area contributed by atoms with Crippen LogP contribution >= 0.6 is 11.8 Å². The molecule has 1 heterocycles. The Morgan fingerprint density at radius 2 is 2.21 bits per heavy atom. The Kier molecular flexibility index (Phi) is 3.09. The predicted octanol–water partition coefficient (Wildman–Crippen LogP) is 2.46. The number of benzene rings is 1. The van der Waals surface area contributed by atoms with E-state index < -0.39 is 0 Å². The van der Waals surface area contributed by atoms with Crippen molar-refractivity contribution in [2.45, 2.75) is 30.4 Å². The van der Waals surface area contributed by atoms with E-state index in [2.05, 4.69) is 16.9 Å². The zero-order chi connectivity index (χ0) is 13.5. The lowest BCUT2D eigenvalue weighted by molar-refractivity contribution is -0.116. The van der Waals surface area contributed by atoms with Crippen LogP contribution in [0, 0.1) is 0 Å². The van der Waals surface area contributed by atoms with E-state index in [1.54, 1.807) is 0 Å². The Balaban J connectivity index is 1.78. The fourth-order valence-electron chi connectivity index (χ4n) is 2.45. The van der Waals surface area contributed by atoms with Crippen LogP contribution in [0.4, 0.5) is 17.1 Å². The van der Waals surface area contributed by atoms with Crippen molar-refractivity contribution in [2.75, 3.05) is 29.2 Å². The molecule has 102 valence electrons. The molecule has 1 aromatic carbocycles. The molecular formula is C14H19N3OS. The van der Waals surface area contributed by atoms with Crippen molar-refractivity contribution in [1.82, 2.24) is 0 Å². The largest absolute Gasteiger partial charge is 0.397 e. The molecule has 0 atom stereocenters. The number of hydrogen-bond donors (Lipinski definition) is 3. The number of aryl methyl sites for hydroxylation is 1. The second kappa shape index (κ2) is 4.63. The van der Waals surface area contributed by atoms with Crippen LogP contribution in [0.25, 0.3) is 0 Å². The van der Waals surface area contributed by atoms with Crippen LogP contribution in [0.15, 0.2) is 12.1 Å². The summed E-state index contributed by atoms with van der Waals surface area (Å²) in [4.78, 5) is 11.4. The minimum atomic E-state index is 0.0889. The van der Waals surface area contributed by atoms with Gasteiger partial charge in [-0.1, -0.05) is 0 Å². The Morgan fingerprint density at radius 1 is 1.42 bits per heavy atom. The SMILES string of the molecule is CSC1(CNc2cc3c(cc2N)CCC(=O)N3)CC1. The number of rotatable bonds is 4. The predicted molar refractivity (Wildman–Crippen MR) is 81.8 cm³/mol. The highest BCUT2D eigenvalue weighted by Crippen LogP contribution is 2.47. The van der Waals surface area contributed by atoms with Gasteiger partial charge in [-0.15, -0.1) is 0 Å². The minimum absolute atomic E-state index is 0.0889. The number of fused-ring (bicyclic) bond motifs is 1. The number of amides is 1. The first-order valence-electron chi connectivity index (χ1n) is 6.63. The highest BCUT2D eigenvalue weighted by Gasteiger charge is 2.41. The van der Waals surface area contributed by atoms with E-state index in [1.807, 2.05) is 23.9 Å². The third-order valence-electron chi connectivity index (χ3n) is 4.01. The molecule has 1 fully saturated rings. The molecule has 0 aromatic heterocycles. The second-order valence-corrected chi connectivity index (χ2v) is 6.66. The summed E-state index contributed by atoms with van der Waals surface area (Å²) in [5.74, 6) is 0.0889. The zero-order valence-corrected chi connectivity index (χ0v) is 11.9. The van der Waals surface area contributed by atoms with Gasteiger partial charge in [-0.25, -0.2) is 0 Å². The highest BCUT2D eigenvalue weighted by atomic mass is 32.2. The summed E-state index contributed by atoms with van der Waals surface area (Å²) in [5, 5.41) is 6.35. The van der Waals surface area contributed by atoms with Crippen molar-refractivity contribution < 1.29 is 4.79 Å². The van der Waals surface area contributed by atoms with Gasteiger partial charge >= 0.3 is 0 Å². The molecule has 4 nitrogen and oxygen atoms in total. The summed E-state index contributed by atoms with van der Waals surface area (Å²) in [6.45, 7) is 0.936. The molecule has 5 heteroatoms. The summed E-state index contributed by atoms with van der Waals surface area (Å²) in [6.07, 6.45) is 6.02. The number of nitrogens with two attached hydrogens (primary N) is 1. The summed E-state index contributed by atoms with van der Waals surface area (Å²) in [7, 11) is 0. The Labute approximate surface area is 117 Å². The molecule has 0 spiro atoms. The van der Waals surface area contributed by atoms with E-state index in [0.717, 1.165) is 35.6 Å². The summed E-state index contributed by atoms with van der Waals surface area (Å²) >= 11 is 1.92. The summed E-state index contributed by atoms with van der Waals surface area (Å²) in [6, 6.07) is 3.95. The van der Waals surface area contributed by atoms with Crippen molar-refractivity contribution in [3.05, 3.63) is 17.7 Å². The van der Waals surface area contributed by atoms with Gasteiger partial charge in [0.15, 0.2) is 0 Å². The van der Waals surface area contributed by atoms with E-state index >= 15 is 0 Å². The van der Waals surface area contributed by atoms with E-state index in [0.29, 0.717) is 11.2 Å². The Hall–Kier alpha value is -1.36. The fourth-order valence-corrected chi connectivity index (χ4v) is 3.18. The van der Waals surface area contributed by atoms with Crippen LogP contribution in [0.5, 0.6) is 0 Å². The molecule has 0 radical (unpaired) electrons. The lowest BCUT2D eigenvalue weighted by Crippen LogP contribution is -2.21. The molecule has 1 aromatic rings. The fraction of sp³-hybridized carbons (Fsp3) is 0.500. The van der Waals surface area contributed by atoms with Crippen molar-refractivity contribution in [1.29, 1.82) is 0 Å². The lowest BCUT2D eigenvalue weighted by Gasteiger charge is -2.21. The van der Waals surface area contributed by atoms with Crippen molar-refractivity contribution in [3.8, 4) is 0 Å². The summed E-state index contributed by atoms with van der Waals surface area (Å²) < 4.78 is 0.394. The molecule has 3 rings (SSSR count). The van der Waals surface area contributed by atoms with Crippen LogP contribution in [-0.2, 0) is 11.2 Å². The monoisotopic (exact) mass is 277 g/mol. The first kappa shape index (κ1) is 12.7. The molecule has 0 bridgehead atoms. The number of anilines is 3. The van der Waals surface area contributed by atoms with Gasteiger partial charge in [-0.3, -0.25) is 4.79 Å². The number of carbonyl (C=O) groups excluding carboxylic acids is 1. The molecule has 2 aliphatic rings. The topological polar surface area (TPSA) is 67.1 Å². The van der Waals surface area contributed by atoms with Crippen LogP contribution in [0.2, 0.25) is 0 Å². The Morgan fingerprint density at radius 3 is 2.89 bits per heavy atom. The smallest absolute Gasteiger partial charge is 0.224 e. The van der Waals surface area contributed by atoms with Gasteiger partial charge in [0, 0.05) is 23.4 Å². The second-order valence-electron chi connectivity index (χ2n) is 5.39. The van der Waals surface area contributed by atoms with E-state index in [1.165, 1.54) is 12.8 Å². The van der Waals surface area contributed by atoms with Crippen molar-refractivity contribution in [2.24, 2.45) is 0 Å². The average Bonchev–Trinajstić information content (AvgIpc) is 3.17. The number of nitrogens with one attached hydrogen (secondary N) is 2. The van der Waals surface area contributed by atoms with Crippen LogP contribution in [0.1, 0.15) is 24.8 Å². The van der Waals surface area contributed by atoms with Crippen molar-refractivity contribution in [3.63, 3.8) is 0 Å². The number of thioether (sulfide) groups is 1. The molecule has 1 aliphatic heterocycles. The molecule has 19 heavy (non-hydrogen) atoms. The molecule has 1 amide bonds. The van der Waals surface area contributed by atoms with Gasteiger partial charge in [-0.05, 0) is 43.2 Å². The average molecular weight is 277 g/mol. The number of nitrogen functional groups attached to an aromatic ring is 1. The molecule has 0 unspecified atom stereocenters. The van der Waals surface area contributed by atoms with Crippen LogP contribution < -0.4 is 16.4 Å². The minimum Gasteiger partial charge on any atom is -0.397 e. The number of carbonyl (C=O) groups is 1. The molecular weight excluding hydrogens is 258 g/mol. The maximum absolute atomic E-state index is 11.4. The van der Waals surface area contributed by atoms with Gasteiger partial charge < -0.3 is 16.4 Å². The standard InChI is InChI=1S/C14H19N3OS/c1-19-14(4-5-14)8-16-12-7-11-9(6-10(12)15)2-3-13(18)17-11/h6-7,16H,2-5,8,15H2,1H3,(H,17,18). The van der Waals surface area contributed by atoms with Gasteiger partial charge in [0.25, 0.3) is 0 Å². The highest BCUT2D eigenvalue weighted by molar-refractivity contribution is 8.00. The van der Waals surface area contributed by atoms with Crippen LogP contribution in [0.3, 0.4) is 0 Å². The quantitative estimate of drug-likeness (QED) is 0.740. The van der Waals surface area contributed by atoms with E-state index in [-0.39, 0.29) is 5.91 Å². The maximum atomic E-state index is 11.4. The summed E-state index contributed by atoms with van der Waals surface area (Å²) in [5.41, 5.74) is 9.83. The molecule has 0 saturated heterocycles. The van der Waals surface area contributed by atoms with Gasteiger partial charge in [0.2, 0.25) is 5.91 Å². The number of hydrogen-bond acceptors (Lipinski definition) is 4. The van der Waals surface area contributed by atoms with Gasteiger partial charge in [-0.2, -0.15) is 11.8 Å². The Bertz CT molecular complexity index is 526. The molecule has 4 N–H and O–H groups in total. The first-order valence-corrected chi connectivity index (χ1v) is 7.86. The van der Waals surface area contributed by atoms with E-state index in [4.69, 9.17) is 5.73 Å². The first-order chi connectivity index (χ1) is 9.12. The van der Waals surface area contributed by atoms with Gasteiger partial charge in [0.05, 0.1) is 11.4 Å². The third-order valence-corrected chi connectivity index (χ3v) is 5.43. The molecule has 1 saturated carbocycles. The van der Waals surface area contributed by atoms with E-state index in [9.17, 15) is 4.79 Å². The van der Waals surface area contributed by atoms with Gasteiger partial charge in [0.1, 0.15) is 0 Å². The lowest BCUT2D eigenvalue weighted by atomic mass is 10.0. The normalized spacial score (nSPS) is 19.5.